The number of aliphatic hydroxyl groups is 1. The zero-order chi connectivity index (χ0) is 28.2. The van der Waals surface area contributed by atoms with Crippen LogP contribution in [0.15, 0.2) is 30.3 Å². The maximum atomic E-state index is 13.6. The van der Waals surface area contributed by atoms with Gasteiger partial charge in [-0.15, -0.1) is 0 Å². The Morgan fingerprint density at radius 2 is 1.67 bits per heavy atom. The van der Waals surface area contributed by atoms with Crippen molar-refractivity contribution < 1.29 is 24.2 Å². The van der Waals surface area contributed by atoms with E-state index in [9.17, 15) is 19.5 Å². The van der Waals surface area contributed by atoms with E-state index >= 15 is 0 Å². The van der Waals surface area contributed by atoms with Crippen molar-refractivity contribution in [3.63, 3.8) is 0 Å². The monoisotopic (exact) mass is 542 g/mol. The molecule has 1 aromatic carbocycles. The lowest BCUT2D eigenvalue weighted by Crippen LogP contribution is -2.49. The van der Waals surface area contributed by atoms with Crippen LogP contribution in [0.5, 0.6) is 0 Å². The molecule has 1 saturated carbocycles. The minimum Gasteiger partial charge on any atom is -0.391 e. The Morgan fingerprint density at radius 1 is 1.00 bits per heavy atom. The lowest BCUT2D eigenvalue weighted by Gasteiger charge is -2.35. The van der Waals surface area contributed by atoms with Crippen LogP contribution < -0.4 is 10.6 Å². The molecule has 7 nitrogen and oxygen atoms in total. The fraction of sp³-hybridized carbons (Fsp3) is 0.719. The van der Waals surface area contributed by atoms with E-state index in [1.807, 2.05) is 44.2 Å². The van der Waals surface area contributed by atoms with Crippen LogP contribution in [-0.4, -0.2) is 54.1 Å². The zero-order valence-electron chi connectivity index (χ0n) is 24.2. The standard InChI is InChI=1S/C32H50N2O5/c1-4-22(2)31(33-23(3)35)30(37)21-27(25-13-9-6-10-14-25)20-29(36)28(19-24-11-7-5-8-12-24)34-32(38)26-15-17-39-18-16-26/h5,7-8,11-12,22,25-29,31,36H,4,6,9-10,13-21H2,1-3H3,(H,33,35)(H,34,38)/t22?,27-,28-,29-,31-/m0/s1. The third kappa shape index (κ3) is 10.0. The van der Waals surface area contributed by atoms with Crippen molar-refractivity contribution in [3.05, 3.63) is 35.9 Å². The Labute approximate surface area is 234 Å². The van der Waals surface area contributed by atoms with Crippen LogP contribution in [-0.2, 0) is 25.5 Å². The average Bonchev–Trinajstić information content (AvgIpc) is 2.96. The molecule has 3 rings (SSSR count). The van der Waals surface area contributed by atoms with E-state index in [1.165, 1.54) is 13.3 Å². The van der Waals surface area contributed by atoms with Crippen LogP contribution in [0, 0.1) is 23.7 Å². The first-order valence-corrected chi connectivity index (χ1v) is 15.2. The Balaban J connectivity index is 1.78. The van der Waals surface area contributed by atoms with Gasteiger partial charge >= 0.3 is 0 Å². The molecule has 1 saturated heterocycles. The highest BCUT2D eigenvalue weighted by Gasteiger charge is 2.35. The van der Waals surface area contributed by atoms with Gasteiger partial charge in [-0.1, -0.05) is 82.7 Å². The van der Waals surface area contributed by atoms with Crippen molar-refractivity contribution in [2.24, 2.45) is 23.7 Å². The number of carbonyl (C=O) groups is 3. The minimum absolute atomic E-state index is 0.00590. The Kier molecular flexibility index (Phi) is 12.9. The summed E-state index contributed by atoms with van der Waals surface area (Å²) < 4.78 is 5.44. The predicted molar refractivity (Wildman–Crippen MR) is 153 cm³/mol. The first-order valence-electron chi connectivity index (χ1n) is 15.2. The summed E-state index contributed by atoms with van der Waals surface area (Å²) in [5, 5.41) is 17.7. The summed E-state index contributed by atoms with van der Waals surface area (Å²) in [7, 11) is 0. The van der Waals surface area contributed by atoms with E-state index in [0.29, 0.717) is 51.2 Å². The summed E-state index contributed by atoms with van der Waals surface area (Å²) in [5.41, 5.74) is 1.06. The van der Waals surface area contributed by atoms with Gasteiger partial charge in [0.25, 0.3) is 0 Å². The molecule has 1 aliphatic carbocycles. The number of benzene rings is 1. The smallest absolute Gasteiger partial charge is 0.223 e. The van der Waals surface area contributed by atoms with Gasteiger partial charge in [0.1, 0.15) is 0 Å². The van der Waals surface area contributed by atoms with Gasteiger partial charge in [0.05, 0.1) is 18.2 Å². The Morgan fingerprint density at radius 3 is 2.28 bits per heavy atom. The number of ketones is 1. The van der Waals surface area contributed by atoms with Crippen molar-refractivity contribution in [2.75, 3.05) is 13.2 Å². The molecule has 1 aromatic rings. The first-order chi connectivity index (χ1) is 18.8. The van der Waals surface area contributed by atoms with Crippen LogP contribution in [0.2, 0.25) is 0 Å². The lowest BCUT2D eigenvalue weighted by atomic mass is 9.73. The summed E-state index contributed by atoms with van der Waals surface area (Å²) in [6.07, 6.45) is 8.31. The lowest BCUT2D eigenvalue weighted by molar-refractivity contribution is -0.130. The molecule has 7 heteroatoms. The fourth-order valence-corrected chi connectivity index (χ4v) is 6.31. The number of carbonyl (C=O) groups excluding carboxylic acids is 3. The first kappa shape index (κ1) is 31.3. The second-order valence-electron chi connectivity index (χ2n) is 11.9. The molecule has 0 aromatic heterocycles. The third-order valence-electron chi connectivity index (χ3n) is 8.93. The summed E-state index contributed by atoms with van der Waals surface area (Å²) in [5.74, 6) is 0.139. The van der Waals surface area contributed by atoms with Crippen LogP contribution >= 0.6 is 0 Å². The number of hydrogen-bond donors (Lipinski definition) is 3. The van der Waals surface area contributed by atoms with Gasteiger partial charge in [-0.3, -0.25) is 14.4 Å². The van der Waals surface area contributed by atoms with E-state index in [2.05, 4.69) is 10.6 Å². The van der Waals surface area contributed by atoms with Crippen LogP contribution in [0.4, 0.5) is 0 Å². The number of hydrogen-bond acceptors (Lipinski definition) is 5. The van der Waals surface area contributed by atoms with Gasteiger partial charge < -0.3 is 20.5 Å². The van der Waals surface area contributed by atoms with Crippen molar-refractivity contribution in [3.8, 4) is 0 Å². The Bertz CT molecular complexity index is 895. The highest BCUT2D eigenvalue weighted by Crippen LogP contribution is 2.36. The van der Waals surface area contributed by atoms with Crippen LogP contribution in [0.3, 0.4) is 0 Å². The fourth-order valence-electron chi connectivity index (χ4n) is 6.31. The highest BCUT2D eigenvalue weighted by molar-refractivity contribution is 5.88. The number of aliphatic hydroxyl groups excluding tert-OH is 1. The normalized spacial score (nSPS) is 20.8. The molecule has 0 bridgehead atoms. The van der Waals surface area contributed by atoms with E-state index in [1.54, 1.807) is 0 Å². The number of ether oxygens (including phenoxy) is 1. The molecule has 2 amide bonds. The summed E-state index contributed by atoms with van der Waals surface area (Å²) in [6, 6.07) is 9.00. The van der Waals surface area contributed by atoms with Gasteiger partial charge in [0.15, 0.2) is 5.78 Å². The molecule has 1 aliphatic heterocycles. The van der Waals surface area contributed by atoms with Crippen LogP contribution in [0.1, 0.15) is 90.5 Å². The van der Waals surface area contributed by atoms with Crippen molar-refractivity contribution in [1.29, 1.82) is 0 Å². The molecule has 1 unspecified atom stereocenters. The van der Waals surface area contributed by atoms with Crippen molar-refractivity contribution in [2.45, 2.75) is 110 Å². The molecule has 0 radical (unpaired) electrons. The maximum absolute atomic E-state index is 13.6. The zero-order valence-corrected chi connectivity index (χ0v) is 24.2. The molecule has 39 heavy (non-hydrogen) atoms. The minimum atomic E-state index is -0.781. The van der Waals surface area contributed by atoms with Gasteiger partial charge in [0, 0.05) is 32.5 Å². The molecule has 5 atom stereocenters. The molecule has 3 N–H and O–H groups in total. The number of Topliss-reactive ketones (excluding diaryl/α,β-unsaturated/α-hetero) is 1. The molecule has 1 heterocycles. The largest absolute Gasteiger partial charge is 0.391 e. The van der Waals surface area contributed by atoms with Gasteiger partial charge in [-0.2, -0.15) is 0 Å². The van der Waals surface area contributed by atoms with E-state index in [-0.39, 0.29) is 35.4 Å². The molecular weight excluding hydrogens is 492 g/mol. The number of amides is 2. The SMILES string of the molecule is CCC(C)[C@H](NC(C)=O)C(=O)C[C@H](C[C@H](O)[C@H](Cc1ccccc1)NC(=O)C1CCOCC1)C1CCCCC1. The molecule has 218 valence electrons. The van der Waals surface area contributed by atoms with E-state index < -0.39 is 18.2 Å². The van der Waals surface area contributed by atoms with Crippen molar-refractivity contribution in [1.82, 2.24) is 10.6 Å². The average molecular weight is 543 g/mol. The van der Waals surface area contributed by atoms with Gasteiger partial charge in [-0.25, -0.2) is 0 Å². The van der Waals surface area contributed by atoms with Crippen LogP contribution in [0.25, 0.3) is 0 Å². The molecule has 2 fully saturated rings. The maximum Gasteiger partial charge on any atom is 0.223 e. The summed E-state index contributed by atoms with van der Waals surface area (Å²) >= 11 is 0. The highest BCUT2D eigenvalue weighted by atomic mass is 16.5. The van der Waals surface area contributed by atoms with E-state index in [4.69, 9.17) is 4.74 Å². The summed E-state index contributed by atoms with van der Waals surface area (Å²) in [4.78, 5) is 38.7. The Hall–Kier alpha value is -2.25. The third-order valence-corrected chi connectivity index (χ3v) is 8.93. The van der Waals surface area contributed by atoms with Crippen molar-refractivity contribution >= 4 is 17.6 Å². The van der Waals surface area contributed by atoms with Gasteiger partial charge in [-0.05, 0) is 49.0 Å². The summed E-state index contributed by atoms with van der Waals surface area (Å²) in [6.45, 7) is 6.67. The topological polar surface area (TPSA) is 105 Å². The second kappa shape index (κ2) is 16.1. The predicted octanol–water partition coefficient (Wildman–Crippen LogP) is 4.60. The number of nitrogens with one attached hydrogen (secondary N) is 2. The number of rotatable bonds is 14. The quantitative estimate of drug-likeness (QED) is 0.319. The molecular formula is C32H50N2O5. The second-order valence-corrected chi connectivity index (χ2v) is 11.9. The molecule has 0 spiro atoms. The van der Waals surface area contributed by atoms with Gasteiger partial charge in [0.2, 0.25) is 11.8 Å². The van der Waals surface area contributed by atoms with E-state index in [0.717, 1.165) is 37.7 Å². The molecule has 2 aliphatic rings.